The van der Waals surface area contributed by atoms with Gasteiger partial charge in [0.1, 0.15) is 11.6 Å². The Morgan fingerprint density at radius 2 is 1.97 bits per heavy atom. The van der Waals surface area contributed by atoms with Gasteiger partial charge in [-0.15, -0.1) is 11.3 Å². The molecule has 0 aliphatic carbocycles. The second kappa shape index (κ2) is 8.12. The van der Waals surface area contributed by atoms with E-state index in [9.17, 15) is 4.79 Å². The summed E-state index contributed by atoms with van der Waals surface area (Å²) in [5.74, 6) is 2.06. The molecule has 3 aromatic rings. The summed E-state index contributed by atoms with van der Waals surface area (Å²) in [6, 6.07) is 2.01. The van der Waals surface area contributed by atoms with Gasteiger partial charge in [-0.2, -0.15) is 0 Å². The van der Waals surface area contributed by atoms with Gasteiger partial charge in [-0.1, -0.05) is 25.4 Å². The first kappa shape index (κ1) is 19.8. The maximum atomic E-state index is 12.6. The lowest BCUT2D eigenvalue weighted by atomic mass is 10.2. The lowest BCUT2D eigenvalue weighted by molar-refractivity contribution is -0.126. The predicted octanol–water partition coefficient (Wildman–Crippen LogP) is 3.63. The fourth-order valence-corrected chi connectivity index (χ4v) is 4.34. The van der Waals surface area contributed by atoms with Gasteiger partial charge in [0.2, 0.25) is 5.91 Å². The molecule has 0 aromatic carbocycles. The average molecular weight is 431 g/mol. The number of halogens is 1. The molecule has 1 saturated heterocycles. The normalized spacial score (nSPS) is 15.2. The van der Waals surface area contributed by atoms with Crippen molar-refractivity contribution in [1.29, 1.82) is 0 Å². The topological polar surface area (TPSA) is 66.6 Å². The molecule has 1 aliphatic heterocycles. The van der Waals surface area contributed by atoms with E-state index in [1.165, 1.54) is 11.3 Å². The lowest BCUT2D eigenvalue weighted by Gasteiger charge is -2.35. The van der Waals surface area contributed by atoms with Crippen molar-refractivity contribution >= 4 is 45.7 Å². The van der Waals surface area contributed by atoms with Crippen LogP contribution in [0.15, 0.2) is 23.7 Å². The van der Waals surface area contributed by atoms with Gasteiger partial charge in [-0.25, -0.2) is 15.0 Å². The van der Waals surface area contributed by atoms with Crippen LogP contribution in [0.5, 0.6) is 0 Å². The first-order valence-corrected chi connectivity index (χ1v) is 10.9. The van der Waals surface area contributed by atoms with Crippen molar-refractivity contribution in [2.75, 3.05) is 31.1 Å². The van der Waals surface area contributed by atoms with Crippen molar-refractivity contribution < 1.29 is 4.79 Å². The van der Waals surface area contributed by atoms with Gasteiger partial charge in [0, 0.05) is 61.5 Å². The van der Waals surface area contributed by atoms with Gasteiger partial charge >= 0.3 is 0 Å². The quantitative estimate of drug-likeness (QED) is 0.591. The number of carbonyl (C=O) groups excluding carboxylic acids is 1. The fourth-order valence-electron chi connectivity index (χ4n) is 3.33. The number of thiazole rings is 1. The van der Waals surface area contributed by atoms with Crippen LogP contribution in [-0.2, 0) is 4.79 Å². The second-order valence-electron chi connectivity index (χ2n) is 7.37. The lowest BCUT2D eigenvalue weighted by Crippen LogP contribution is -2.48. The van der Waals surface area contributed by atoms with E-state index in [4.69, 9.17) is 16.6 Å². The third kappa shape index (κ3) is 4.13. The molecule has 0 radical (unpaired) electrons. The Morgan fingerprint density at radius 3 is 2.69 bits per heavy atom. The number of carbonyl (C=O) groups is 1. The summed E-state index contributed by atoms with van der Waals surface area (Å²) < 4.78 is 1.89. The van der Waals surface area contributed by atoms with E-state index in [2.05, 4.69) is 28.7 Å². The Hall–Kier alpha value is -2.45. The van der Waals surface area contributed by atoms with Crippen molar-refractivity contribution in [3.05, 3.63) is 46.1 Å². The van der Waals surface area contributed by atoms with E-state index in [1.54, 1.807) is 12.2 Å². The number of rotatable bonds is 4. The molecular weight excluding hydrogens is 408 g/mol. The highest BCUT2D eigenvalue weighted by atomic mass is 35.5. The molecule has 0 atom stereocenters. The average Bonchev–Trinajstić information content (AvgIpc) is 3.26. The van der Waals surface area contributed by atoms with E-state index in [0.29, 0.717) is 18.2 Å². The number of fused-ring (bicyclic) bond motifs is 1. The Morgan fingerprint density at radius 1 is 1.21 bits per heavy atom. The highest BCUT2D eigenvalue weighted by Crippen LogP contribution is 2.23. The van der Waals surface area contributed by atoms with Crippen LogP contribution >= 0.6 is 22.9 Å². The van der Waals surface area contributed by atoms with Crippen molar-refractivity contribution in [2.24, 2.45) is 0 Å². The van der Waals surface area contributed by atoms with Crippen molar-refractivity contribution in [3.63, 3.8) is 0 Å². The van der Waals surface area contributed by atoms with Crippen LogP contribution in [0.4, 0.5) is 5.82 Å². The monoisotopic (exact) mass is 430 g/mol. The molecule has 4 heterocycles. The Kier molecular flexibility index (Phi) is 5.56. The number of nitrogens with zero attached hydrogens (tertiary/aromatic N) is 6. The summed E-state index contributed by atoms with van der Waals surface area (Å²) in [6.07, 6.45) is 5.22. The molecule has 29 heavy (non-hydrogen) atoms. The minimum atomic E-state index is -0.0207. The third-order valence-corrected chi connectivity index (χ3v) is 5.96. The number of hydrogen-bond acceptors (Lipinski definition) is 6. The fraction of sp³-hybridized carbons (Fsp3) is 0.400. The van der Waals surface area contributed by atoms with Crippen LogP contribution in [0.2, 0.25) is 5.15 Å². The molecular formula is C20H23ClN6OS. The maximum Gasteiger partial charge on any atom is 0.246 e. The van der Waals surface area contributed by atoms with E-state index < -0.39 is 0 Å². The van der Waals surface area contributed by atoms with Gasteiger partial charge in [0.05, 0.1) is 5.69 Å². The summed E-state index contributed by atoms with van der Waals surface area (Å²) >= 11 is 7.70. The molecule has 9 heteroatoms. The largest absolute Gasteiger partial charge is 0.353 e. The van der Waals surface area contributed by atoms with Gasteiger partial charge in [0.15, 0.2) is 10.1 Å². The van der Waals surface area contributed by atoms with Crippen molar-refractivity contribution in [3.8, 4) is 0 Å². The van der Waals surface area contributed by atoms with Crippen molar-refractivity contribution in [2.45, 2.75) is 26.7 Å². The molecule has 7 nitrogen and oxygen atoms in total. The number of hydrogen-bond donors (Lipinski definition) is 0. The Labute approximate surface area is 178 Å². The van der Waals surface area contributed by atoms with Gasteiger partial charge < -0.3 is 9.80 Å². The van der Waals surface area contributed by atoms with E-state index in [1.807, 2.05) is 33.9 Å². The van der Waals surface area contributed by atoms with E-state index in [-0.39, 0.29) is 11.8 Å². The third-order valence-electron chi connectivity index (χ3n) is 4.93. The SMILES string of the molecule is Cc1cc(N2CCN(C(=O)/C=C/c3c(Cl)nc4sccn34)CC2)nc(C(C)C)n1. The summed E-state index contributed by atoms with van der Waals surface area (Å²) in [5, 5.41) is 2.35. The molecule has 1 fully saturated rings. The molecule has 0 unspecified atom stereocenters. The molecule has 152 valence electrons. The predicted molar refractivity (Wildman–Crippen MR) is 117 cm³/mol. The zero-order valence-electron chi connectivity index (χ0n) is 16.7. The smallest absolute Gasteiger partial charge is 0.246 e. The first-order chi connectivity index (χ1) is 13.9. The molecule has 1 amide bonds. The number of amides is 1. The molecule has 1 aliphatic rings. The summed E-state index contributed by atoms with van der Waals surface area (Å²) in [5.41, 5.74) is 1.70. The van der Waals surface area contributed by atoms with Crippen LogP contribution in [0.1, 0.15) is 37.0 Å². The highest BCUT2D eigenvalue weighted by Gasteiger charge is 2.22. The summed E-state index contributed by atoms with van der Waals surface area (Å²) in [7, 11) is 0. The zero-order chi connectivity index (χ0) is 20.5. The molecule has 0 bridgehead atoms. The van der Waals surface area contributed by atoms with E-state index in [0.717, 1.165) is 41.1 Å². The first-order valence-electron chi connectivity index (χ1n) is 9.61. The maximum absolute atomic E-state index is 12.6. The Bertz CT molecular complexity index is 1060. The highest BCUT2D eigenvalue weighted by molar-refractivity contribution is 7.15. The molecule has 0 spiro atoms. The van der Waals surface area contributed by atoms with Crippen LogP contribution in [0.25, 0.3) is 11.0 Å². The summed E-state index contributed by atoms with van der Waals surface area (Å²) in [4.78, 5) is 31.0. The number of anilines is 1. The number of imidazole rings is 1. The number of piperazine rings is 1. The Balaban J connectivity index is 1.41. The van der Waals surface area contributed by atoms with Crippen LogP contribution in [0, 0.1) is 6.92 Å². The minimum absolute atomic E-state index is 0.0207. The standard InChI is InChI=1S/C20H23ClN6OS/c1-13(2)19-22-14(3)12-16(23-19)25-6-8-26(9-7-25)17(28)5-4-15-18(21)24-20-27(15)10-11-29-20/h4-5,10-13H,6-9H2,1-3H3/b5-4+. The molecule has 0 saturated carbocycles. The van der Waals surface area contributed by atoms with Gasteiger partial charge in [-0.3, -0.25) is 9.20 Å². The zero-order valence-corrected chi connectivity index (χ0v) is 18.2. The van der Waals surface area contributed by atoms with Gasteiger partial charge in [-0.05, 0) is 13.0 Å². The molecule has 3 aromatic heterocycles. The molecule has 4 rings (SSSR count). The van der Waals surface area contributed by atoms with Crippen molar-refractivity contribution in [1.82, 2.24) is 24.3 Å². The van der Waals surface area contributed by atoms with E-state index >= 15 is 0 Å². The second-order valence-corrected chi connectivity index (χ2v) is 8.60. The van der Waals surface area contributed by atoms with Gasteiger partial charge in [0.25, 0.3) is 0 Å². The summed E-state index contributed by atoms with van der Waals surface area (Å²) in [6.45, 7) is 8.98. The minimum Gasteiger partial charge on any atom is -0.353 e. The van der Waals surface area contributed by atoms with Crippen LogP contribution < -0.4 is 4.90 Å². The van der Waals surface area contributed by atoms with Crippen LogP contribution in [-0.4, -0.2) is 56.3 Å². The number of aromatic nitrogens is 4. The van der Waals surface area contributed by atoms with Crippen LogP contribution in [0.3, 0.4) is 0 Å². The molecule has 0 N–H and O–H groups in total. The number of aryl methyl sites for hydroxylation is 1.